The molecule has 0 spiro atoms. The molecule has 9 heteroatoms. The molecule has 1 amide bonds. The summed E-state index contributed by atoms with van der Waals surface area (Å²) in [4.78, 5) is 16.3. The predicted octanol–water partition coefficient (Wildman–Crippen LogP) is 1.97. The van der Waals surface area contributed by atoms with Gasteiger partial charge < -0.3 is 5.32 Å². The Morgan fingerprint density at radius 1 is 1.38 bits per heavy atom. The number of aromatic nitrogens is 1. The van der Waals surface area contributed by atoms with Crippen molar-refractivity contribution in [2.75, 3.05) is 7.05 Å². The van der Waals surface area contributed by atoms with E-state index >= 15 is 0 Å². The van der Waals surface area contributed by atoms with Crippen LogP contribution in [-0.4, -0.2) is 36.7 Å². The minimum Gasteiger partial charge on any atom is -0.358 e. The zero-order chi connectivity index (χ0) is 17.5. The molecule has 128 valence electrons. The lowest BCUT2D eigenvalue weighted by molar-refractivity contribution is -0.124. The number of aryl methyl sites for hydroxylation is 1. The number of hydrogen-bond acceptors (Lipinski definition) is 5. The number of amides is 1. The number of nitrogens with one attached hydrogen (secondary N) is 1. The van der Waals surface area contributed by atoms with E-state index in [9.17, 15) is 13.2 Å². The maximum Gasteiger partial charge on any atom is 0.255 e. The number of rotatable bonds is 3. The number of hydrogen-bond donors (Lipinski definition) is 1. The average molecular weight is 386 g/mol. The normalized spacial score (nSPS) is 18.2. The highest BCUT2D eigenvalue weighted by Gasteiger charge is 2.40. The second-order valence-electron chi connectivity index (χ2n) is 5.49. The van der Waals surface area contributed by atoms with Gasteiger partial charge in [0.1, 0.15) is 6.04 Å². The Bertz CT molecular complexity index is 895. The van der Waals surface area contributed by atoms with Crippen molar-refractivity contribution in [3.63, 3.8) is 0 Å². The highest BCUT2D eigenvalue weighted by Crippen LogP contribution is 2.34. The van der Waals surface area contributed by atoms with Gasteiger partial charge in [0.05, 0.1) is 5.69 Å². The maximum absolute atomic E-state index is 13.1. The molecule has 3 rings (SSSR count). The maximum atomic E-state index is 13.1. The summed E-state index contributed by atoms with van der Waals surface area (Å²) >= 11 is 6.77. The average Bonchev–Trinajstić information content (AvgIpc) is 2.92. The summed E-state index contributed by atoms with van der Waals surface area (Å²) in [5, 5.41) is 2.56. The quantitative estimate of drug-likeness (QED) is 0.875. The molecule has 0 bridgehead atoms. The number of halogens is 1. The fraction of sp³-hybridized carbons (Fsp3) is 0.333. The van der Waals surface area contributed by atoms with Gasteiger partial charge in [0, 0.05) is 13.6 Å². The Kier molecular flexibility index (Phi) is 4.65. The Labute approximate surface area is 149 Å². The van der Waals surface area contributed by atoms with Crippen LogP contribution in [0.3, 0.4) is 0 Å². The van der Waals surface area contributed by atoms with Gasteiger partial charge in [0.15, 0.2) is 8.68 Å². The molecule has 1 aliphatic rings. The third-order valence-corrected chi connectivity index (χ3v) is 7.73. The van der Waals surface area contributed by atoms with Gasteiger partial charge in [-0.3, -0.25) is 4.79 Å². The Balaban J connectivity index is 2.09. The van der Waals surface area contributed by atoms with Crippen LogP contribution < -0.4 is 5.32 Å². The van der Waals surface area contributed by atoms with Crippen LogP contribution in [0, 0.1) is 6.92 Å². The molecule has 0 aliphatic carbocycles. The van der Waals surface area contributed by atoms with Gasteiger partial charge in [0.25, 0.3) is 10.0 Å². The smallest absolute Gasteiger partial charge is 0.255 e. The molecule has 1 aromatic heterocycles. The van der Waals surface area contributed by atoms with Crippen LogP contribution in [0.2, 0.25) is 4.47 Å². The summed E-state index contributed by atoms with van der Waals surface area (Å²) < 4.78 is 27.7. The fourth-order valence-electron chi connectivity index (χ4n) is 2.84. The lowest BCUT2D eigenvalue weighted by Crippen LogP contribution is -2.51. The first kappa shape index (κ1) is 17.3. The molecule has 0 saturated carbocycles. The standard InChI is InChI=1S/C15H16ClN3O3S2/c1-9-14(23-15(16)18-9)24(21,22)19-8-11-6-4-3-5-10(11)7-12(19)13(20)17-2/h3-6,12H,7-8H2,1-2H3,(H,17,20)/t12-/m1/s1. The molecule has 0 saturated heterocycles. The van der Waals surface area contributed by atoms with Crippen LogP contribution in [-0.2, 0) is 27.8 Å². The number of benzene rings is 1. The second-order valence-corrected chi connectivity index (χ2v) is 9.16. The molecule has 6 nitrogen and oxygen atoms in total. The van der Waals surface area contributed by atoms with Gasteiger partial charge in [-0.15, -0.1) is 0 Å². The van der Waals surface area contributed by atoms with E-state index in [1.54, 1.807) is 6.92 Å². The van der Waals surface area contributed by atoms with Crippen molar-refractivity contribution in [3.05, 3.63) is 45.6 Å². The molecular weight excluding hydrogens is 370 g/mol. The minimum atomic E-state index is -3.87. The van der Waals surface area contributed by atoms with Crippen LogP contribution in [0.4, 0.5) is 0 Å². The molecular formula is C15H16ClN3O3S2. The molecule has 1 N–H and O–H groups in total. The van der Waals surface area contributed by atoms with Crippen molar-refractivity contribution < 1.29 is 13.2 Å². The van der Waals surface area contributed by atoms with Crippen LogP contribution in [0.1, 0.15) is 16.8 Å². The zero-order valence-electron chi connectivity index (χ0n) is 13.1. The summed E-state index contributed by atoms with van der Waals surface area (Å²) in [5.74, 6) is -0.332. The number of likely N-dealkylation sites (N-methyl/N-ethyl adjacent to an activating group) is 1. The van der Waals surface area contributed by atoms with E-state index in [4.69, 9.17) is 11.6 Å². The molecule has 0 fully saturated rings. The Hall–Kier alpha value is -1.48. The van der Waals surface area contributed by atoms with Gasteiger partial charge >= 0.3 is 0 Å². The number of nitrogens with zero attached hydrogens (tertiary/aromatic N) is 2. The summed E-state index contributed by atoms with van der Waals surface area (Å²) in [6.07, 6.45) is 0.334. The van der Waals surface area contributed by atoms with Crippen LogP contribution in [0.15, 0.2) is 28.5 Å². The van der Waals surface area contributed by atoms with Gasteiger partial charge in [-0.1, -0.05) is 47.2 Å². The van der Waals surface area contributed by atoms with Crippen molar-refractivity contribution >= 4 is 38.9 Å². The first-order valence-electron chi connectivity index (χ1n) is 7.27. The summed E-state index contributed by atoms with van der Waals surface area (Å²) in [5.41, 5.74) is 2.23. The molecule has 1 aromatic carbocycles. The lowest BCUT2D eigenvalue weighted by atomic mass is 9.95. The van der Waals surface area contributed by atoms with E-state index in [1.165, 1.54) is 11.4 Å². The van der Waals surface area contributed by atoms with Crippen molar-refractivity contribution in [1.82, 2.24) is 14.6 Å². The van der Waals surface area contributed by atoms with Crippen molar-refractivity contribution in [2.45, 2.75) is 30.1 Å². The van der Waals surface area contributed by atoms with Gasteiger partial charge in [-0.2, -0.15) is 4.31 Å². The van der Waals surface area contributed by atoms with Crippen LogP contribution in [0.25, 0.3) is 0 Å². The highest BCUT2D eigenvalue weighted by molar-refractivity contribution is 7.91. The minimum absolute atomic E-state index is 0.0841. The van der Waals surface area contributed by atoms with E-state index in [0.717, 1.165) is 22.5 Å². The monoisotopic (exact) mass is 385 g/mol. The van der Waals surface area contributed by atoms with Gasteiger partial charge in [0.2, 0.25) is 5.91 Å². The first-order valence-corrected chi connectivity index (χ1v) is 9.91. The number of fused-ring (bicyclic) bond motifs is 1. The van der Waals surface area contributed by atoms with E-state index in [-0.39, 0.29) is 21.1 Å². The summed E-state index contributed by atoms with van der Waals surface area (Å²) in [7, 11) is -2.37. The van der Waals surface area contributed by atoms with Crippen LogP contribution >= 0.6 is 22.9 Å². The molecule has 0 unspecified atom stereocenters. The Morgan fingerprint density at radius 2 is 2.04 bits per heavy atom. The van der Waals surface area contributed by atoms with Crippen molar-refractivity contribution in [1.29, 1.82) is 0 Å². The van der Waals surface area contributed by atoms with Crippen molar-refractivity contribution in [3.8, 4) is 0 Å². The van der Waals surface area contributed by atoms with Crippen molar-refractivity contribution in [2.24, 2.45) is 0 Å². The SMILES string of the molecule is CNC(=O)[C@H]1Cc2ccccc2CN1S(=O)(=O)c1sc(Cl)nc1C. The third-order valence-electron chi connectivity index (χ3n) is 4.03. The van der Waals surface area contributed by atoms with Gasteiger partial charge in [-0.05, 0) is 24.5 Å². The number of carbonyl (C=O) groups excluding carboxylic acids is 1. The number of carbonyl (C=O) groups is 1. The largest absolute Gasteiger partial charge is 0.358 e. The van der Waals surface area contributed by atoms with E-state index < -0.39 is 16.1 Å². The fourth-order valence-corrected chi connectivity index (χ4v) is 6.25. The summed E-state index contributed by atoms with van der Waals surface area (Å²) in [6.45, 7) is 1.74. The molecule has 2 aromatic rings. The number of thiazole rings is 1. The summed E-state index contributed by atoms with van der Waals surface area (Å²) in [6, 6.07) is 6.75. The lowest BCUT2D eigenvalue weighted by Gasteiger charge is -2.34. The first-order chi connectivity index (χ1) is 11.3. The third kappa shape index (κ3) is 2.95. The predicted molar refractivity (Wildman–Crippen MR) is 92.6 cm³/mol. The molecule has 2 heterocycles. The Morgan fingerprint density at radius 3 is 2.62 bits per heavy atom. The topological polar surface area (TPSA) is 79.4 Å². The molecule has 1 atom stereocenters. The number of sulfonamides is 1. The zero-order valence-corrected chi connectivity index (χ0v) is 15.5. The van der Waals surface area contributed by atoms with E-state index in [0.29, 0.717) is 12.1 Å². The van der Waals surface area contributed by atoms with Gasteiger partial charge in [-0.25, -0.2) is 13.4 Å². The molecule has 0 radical (unpaired) electrons. The highest BCUT2D eigenvalue weighted by atomic mass is 35.5. The second kappa shape index (κ2) is 6.44. The van der Waals surface area contributed by atoms with E-state index in [1.807, 2.05) is 24.3 Å². The van der Waals surface area contributed by atoms with E-state index in [2.05, 4.69) is 10.3 Å². The molecule has 1 aliphatic heterocycles. The molecule has 24 heavy (non-hydrogen) atoms. The van der Waals surface area contributed by atoms with Crippen LogP contribution in [0.5, 0.6) is 0 Å².